The second kappa shape index (κ2) is 7.85. The second-order valence-electron chi connectivity index (χ2n) is 5.85. The molecular formula is C15H28N2O2. The van der Waals surface area contributed by atoms with E-state index in [0.29, 0.717) is 12.6 Å². The smallest absolute Gasteiger partial charge is 0.248 e. The highest BCUT2D eigenvalue weighted by atomic mass is 16.5. The molecule has 0 aromatic heterocycles. The number of hydrogen-bond acceptors (Lipinski definition) is 3. The van der Waals surface area contributed by atoms with Crippen molar-refractivity contribution in [3.8, 4) is 0 Å². The first-order chi connectivity index (χ1) is 9.31. The molecule has 1 atom stereocenters. The molecule has 0 aromatic carbocycles. The molecule has 4 nitrogen and oxygen atoms in total. The zero-order valence-corrected chi connectivity index (χ0v) is 12.2. The van der Waals surface area contributed by atoms with Gasteiger partial charge in [-0.05, 0) is 31.7 Å². The van der Waals surface area contributed by atoms with Crippen molar-refractivity contribution in [2.75, 3.05) is 32.8 Å². The average molecular weight is 268 g/mol. The Bertz CT molecular complexity index is 277. The molecule has 0 radical (unpaired) electrons. The lowest BCUT2D eigenvalue weighted by Gasteiger charge is -2.36. The standard InChI is InChI=1S/C15H28N2O2/c1-2-8-16-14(13-6-4-3-5-7-13)11-17-9-10-19-12-15(17)18/h13-14,16H,2-12H2,1H3. The maximum Gasteiger partial charge on any atom is 0.248 e. The van der Waals surface area contributed by atoms with Crippen LogP contribution in [0.5, 0.6) is 0 Å². The summed E-state index contributed by atoms with van der Waals surface area (Å²) in [7, 11) is 0. The first-order valence-corrected chi connectivity index (χ1v) is 7.90. The molecule has 110 valence electrons. The van der Waals surface area contributed by atoms with Gasteiger partial charge in [-0.15, -0.1) is 0 Å². The Labute approximate surface area is 116 Å². The fraction of sp³-hybridized carbons (Fsp3) is 0.933. The minimum Gasteiger partial charge on any atom is -0.370 e. The summed E-state index contributed by atoms with van der Waals surface area (Å²) in [6.07, 6.45) is 7.88. The van der Waals surface area contributed by atoms with E-state index in [1.165, 1.54) is 32.1 Å². The Morgan fingerprint density at radius 2 is 2.16 bits per heavy atom. The number of nitrogens with zero attached hydrogens (tertiary/aromatic N) is 1. The molecular weight excluding hydrogens is 240 g/mol. The minimum absolute atomic E-state index is 0.158. The van der Waals surface area contributed by atoms with Gasteiger partial charge in [0, 0.05) is 19.1 Å². The van der Waals surface area contributed by atoms with Gasteiger partial charge in [0.2, 0.25) is 5.91 Å². The highest BCUT2D eigenvalue weighted by Gasteiger charge is 2.28. The van der Waals surface area contributed by atoms with E-state index in [4.69, 9.17) is 4.74 Å². The van der Waals surface area contributed by atoms with Gasteiger partial charge in [-0.3, -0.25) is 4.79 Å². The van der Waals surface area contributed by atoms with Gasteiger partial charge in [-0.25, -0.2) is 0 Å². The lowest BCUT2D eigenvalue weighted by atomic mass is 9.83. The van der Waals surface area contributed by atoms with Crippen molar-refractivity contribution in [1.29, 1.82) is 0 Å². The van der Waals surface area contributed by atoms with Gasteiger partial charge in [0.05, 0.1) is 6.61 Å². The van der Waals surface area contributed by atoms with Crippen molar-refractivity contribution in [2.24, 2.45) is 5.92 Å². The second-order valence-corrected chi connectivity index (χ2v) is 5.85. The Hall–Kier alpha value is -0.610. The van der Waals surface area contributed by atoms with Crippen LogP contribution >= 0.6 is 0 Å². The third-order valence-corrected chi connectivity index (χ3v) is 4.38. The molecule has 1 aliphatic carbocycles. The molecule has 1 heterocycles. The van der Waals surface area contributed by atoms with E-state index in [9.17, 15) is 4.79 Å². The Morgan fingerprint density at radius 3 is 2.84 bits per heavy atom. The normalized spacial score (nSPS) is 23.6. The van der Waals surface area contributed by atoms with Crippen molar-refractivity contribution in [2.45, 2.75) is 51.5 Å². The van der Waals surface area contributed by atoms with Crippen LogP contribution in [-0.4, -0.2) is 49.7 Å². The van der Waals surface area contributed by atoms with Crippen molar-refractivity contribution < 1.29 is 9.53 Å². The molecule has 1 aliphatic heterocycles. The molecule has 1 saturated carbocycles. The summed E-state index contributed by atoms with van der Waals surface area (Å²) < 4.78 is 5.21. The average Bonchev–Trinajstić information content (AvgIpc) is 2.46. The van der Waals surface area contributed by atoms with Gasteiger partial charge >= 0.3 is 0 Å². The molecule has 1 amide bonds. The highest BCUT2D eigenvalue weighted by molar-refractivity contribution is 5.78. The minimum atomic E-state index is 0.158. The van der Waals surface area contributed by atoms with Crippen LogP contribution < -0.4 is 5.32 Å². The van der Waals surface area contributed by atoms with Crippen LogP contribution in [0.25, 0.3) is 0 Å². The zero-order valence-electron chi connectivity index (χ0n) is 12.2. The van der Waals surface area contributed by atoms with Crippen LogP contribution in [0.15, 0.2) is 0 Å². The number of carbonyl (C=O) groups excluding carboxylic acids is 1. The van der Waals surface area contributed by atoms with Crippen LogP contribution in [0, 0.1) is 5.92 Å². The first kappa shape index (κ1) is 14.8. The monoisotopic (exact) mass is 268 g/mol. The third-order valence-electron chi connectivity index (χ3n) is 4.38. The van der Waals surface area contributed by atoms with Crippen molar-refractivity contribution in [3.05, 3.63) is 0 Å². The Kier molecular flexibility index (Phi) is 6.11. The summed E-state index contributed by atoms with van der Waals surface area (Å²) in [5.41, 5.74) is 0. The summed E-state index contributed by atoms with van der Waals surface area (Å²) in [5.74, 6) is 0.904. The number of hydrogen-bond donors (Lipinski definition) is 1. The molecule has 2 fully saturated rings. The quantitative estimate of drug-likeness (QED) is 0.798. The molecule has 0 aromatic rings. The number of morpholine rings is 1. The molecule has 2 aliphatic rings. The van der Waals surface area contributed by atoms with Gasteiger partial charge < -0.3 is 15.0 Å². The zero-order chi connectivity index (χ0) is 13.5. The van der Waals surface area contributed by atoms with E-state index in [-0.39, 0.29) is 12.5 Å². The Morgan fingerprint density at radius 1 is 1.37 bits per heavy atom. The van der Waals surface area contributed by atoms with Crippen LogP contribution in [0.4, 0.5) is 0 Å². The predicted octanol–water partition coefficient (Wildman–Crippen LogP) is 1.79. The molecule has 1 saturated heterocycles. The predicted molar refractivity (Wildman–Crippen MR) is 76.1 cm³/mol. The van der Waals surface area contributed by atoms with E-state index < -0.39 is 0 Å². The topological polar surface area (TPSA) is 41.6 Å². The number of carbonyl (C=O) groups is 1. The van der Waals surface area contributed by atoms with Crippen molar-refractivity contribution >= 4 is 5.91 Å². The maximum atomic E-state index is 11.9. The number of ether oxygens (including phenoxy) is 1. The van der Waals surface area contributed by atoms with Crippen LogP contribution in [-0.2, 0) is 9.53 Å². The van der Waals surface area contributed by atoms with Crippen LogP contribution in [0.1, 0.15) is 45.4 Å². The third kappa shape index (κ3) is 4.46. The van der Waals surface area contributed by atoms with Gasteiger partial charge in [-0.2, -0.15) is 0 Å². The highest BCUT2D eigenvalue weighted by Crippen LogP contribution is 2.27. The molecule has 1 N–H and O–H groups in total. The Balaban J connectivity index is 1.89. The SMILES string of the molecule is CCCNC(CN1CCOCC1=O)C1CCCCC1. The number of amides is 1. The lowest BCUT2D eigenvalue weighted by molar-refractivity contribution is -0.143. The van der Waals surface area contributed by atoms with E-state index in [1.54, 1.807) is 0 Å². The molecule has 19 heavy (non-hydrogen) atoms. The van der Waals surface area contributed by atoms with Crippen molar-refractivity contribution in [3.63, 3.8) is 0 Å². The van der Waals surface area contributed by atoms with E-state index in [0.717, 1.165) is 32.0 Å². The van der Waals surface area contributed by atoms with Gasteiger partial charge in [0.15, 0.2) is 0 Å². The molecule has 1 unspecified atom stereocenters. The fourth-order valence-corrected chi connectivity index (χ4v) is 3.23. The number of nitrogens with one attached hydrogen (secondary N) is 1. The molecule has 4 heteroatoms. The van der Waals surface area contributed by atoms with Crippen molar-refractivity contribution in [1.82, 2.24) is 10.2 Å². The lowest BCUT2D eigenvalue weighted by Crippen LogP contribution is -2.51. The largest absolute Gasteiger partial charge is 0.370 e. The molecule has 2 rings (SSSR count). The van der Waals surface area contributed by atoms with Gasteiger partial charge in [0.25, 0.3) is 0 Å². The number of rotatable bonds is 6. The van der Waals surface area contributed by atoms with E-state index in [2.05, 4.69) is 12.2 Å². The molecule has 0 spiro atoms. The van der Waals surface area contributed by atoms with Crippen LogP contribution in [0.2, 0.25) is 0 Å². The summed E-state index contributed by atoms with van der Waals surface area (Å²) in [4.78, 5) is 13.9. The van der Waals surface area contributed by atoms with Crippen LogP contribution in [0.3, 0.4) is 0 Å². The summed E-state index contributed by atoms with van der Waals surface area (Å²) in [6.45, 7) is 5.84. The fourth-order valence-electron chi connectivity index (χ4n) is 3.23. The molecule has 0 bridgehead atoms. The first-order valence-electron chi connectivity index (χ1n) is 7.90. The summed E-state index contributed by atoms with van der Waals surface area (Å²) >= 11 is 0. The van der Waals surface area contributed by atoms with E-state index >= 15 is 0 Å². The summed E-state index contributed by atoms with van der Waals surface area (Å²) in [5, 5.41) is 3.67. The van der Waals surface area contributed by atoms with E-state index in [1.807, 2.05) is 4.90 Å². The van der Waals surface area contributed by atoms with Gasteiger partial charge in [0.1, 0.15) is 6.61 Å². The summed E-state index contributed by atoms with van der Waals surface area (Å²) in [6, 6.07) is 0.474. The van der Waals surface area contributed by atoms with Gasteiger partial charge in [-0.1, -0.05) is 26.2 Å². The maximum absolute atomic E-state index is 11.9.